The van der Waals surface area contributed by atoms with Crippen LogP contribution in [0.3, 0.4) is 0 Å². The van der Waals surface area contributed by atoms with Gasteiger partial charge in [0, 0.05) is 5.69 Å². The maximum atomic E-state index is 10.6. The summed E-state index contributed by atoms with van der Waals surface area (Å²) in [6, 6.07) is 7.52. The molecule has 1 aromatic carbocycles. The van der Waals surface area contributed by atoms with Crippen molar-refractivity contribution in [2.24, 2.45) is 0 Å². The first kappa shape index (κ1) is 14.4. The Morgan fingerprint density at radius 2 is 2.15 bits per heavy atom. The van der Waals surface area contributed by atoms with Crippen molar-refractivity contribution in [3.63, 3.8) is 0 Å². The van der Waals surface area contributed by atoms with Crippen molar-refractivity contribution < 1.29 is 14.6 Å². The lowest BCUT2D eigenvalue weighted by molar-refractivity contribution is -0.133. The van der Waals surface area contributed by atoms with Crippen LogP contribution in [0.25, 0.3) is 5.69 Å². The van der Waals surface area contributed by atoms with Gasteiger partial charge in [0.25, 0.3) is 0 Å². The van der Waals surface area contributed by atoms with Crippen molar-refractivity contribution in [3.8, 4) is 11.4 Å². The van der Waals surface area contributed by atoms with Crippen LogP contribution in [-0.4, -0.2) is 38.2 Å². The van der Waals surface area contributed by atoms with Crippen LogP contribution in [0.4, 0.5) is 0 Å². The van der Waals surface area contributed by atoms with E-state index >= 15 is 0 Å². The molecule has 2 rings (SSSR count). The van der Waals surface area contributed by atoms with Crippen molar-refractivity contribution >= 4 is 17.7 Å². The topological polar surface area (TPSA) is 77.2 Å². The quantitative estimate of drug-likeness (QED) is 0.789. The third-order valence-corrected chi connectivity index (χ3v) is 3.36. The van der Waals surface area contributed by atoms with Crippen molar-refractivity contribution in [3.05, 3.63) is 30.6 Å². The van der Waals surface area contributed by atoms with E-state index < -0.39 is 5.97 Å². The lowest BCUT2D eigenvalue weighted by atomic mass is 10.3. The summed E-state index contributed by atoms with van der Waals surface area (Å²) in [5, 5.41) is 17.0. The largest absolute Gasteiger partial charge is 0.494 e. The Labute approximate surface area is 120 Å². The Balaban J connectivity index is 2.11. The number of aromatic nitrogens is 3. The van der Waals surface area contributed by atoms with Crippen LogP contribution in [0, 0.1) is 0 Å². The van der Waals surface area contributed by atoms with E-state index in [1.807, 2.05) is 24.3 Å². The van der Waals surface area contributed by atoms with Gasteiger partial charge in [-0.05, 0) is 30.7 Å². The van der Waals surface area contributed by atoms with Gasteiger partial charge in [0.15, 0.2) is 5.16 Å². The van der Waals surface area contributed by atoms with Crippen LogP contribution in [0.2, 0.25) is 0 Å². The number of hydrogen-bond acceptors (Lipinski definition) is 5. The Morgan fingerprint density at radius 1 is 1.40 bits per heavy atom. The SMILES string of the molecule is CCCOc1ccc(-n2cnnc2SCC(=O)O)cc1. The van der Waals surface area contributed by atoms with Crippen LogP contribution in [0.15, 0.2) is 35.7 Å². The molecule has 0 saturated heterocycles. The molecule has 0 aliphatic carbocycles. The molecule has 0 atom stereocenters. The molecule has 0 radical (unpaired) electrons. The number of rotatable bonds is 7. The third kappa shape index (κ3) is 3.74. The summed E-state index contributed by atoms with van der Waals surface area (Å²) < 4.78 is 7.26. The maximum absolute atomic E-state index is 10.6. The Bertz CT molecular complexity index is 568. The molecule has 0 spiro atoms. The molecule has 0 bridgehead atoms. The zero-order valence-corrected chi connectivity index (χ0v) is 11.8. The molecule has 0 saturated carbocycles. The molecular weight excluding hydrogens is 278 g/mol. The molecule has 0 fully saturated rings. The number of carboxylic acid groups (broad SMARTS) is 1. The zero-order valence-electron chi connectivity index (χ0n) is 11.0. The maximum Gasteiger partial charge on any atom is 0.313 e. The molecule has 1 N–H and O–H groups in total. The van der Waals surface area contributed by atoms with Gasteiger partial charge in [0.2, 0.25) is 0 Å². The summed E-state index contributed by atoms with van der Waals surface area (Å²) in [4.78, 5) is 10.6. The number of aliphatic carboxylic acids is 1. The highest BCUT2D eigenvalue weighted by atomic mass is 32.2. The van der Waals surface area contributed by atoms with Gasteiger partial charge in [-0.1, -0.05) is 18.7 Å². The minimum Gasteiger partial charge on any atom is -0.494 e. The number of ether oxygens (including phenoxy) is 1. The van der Waals surface area contributed by atoms with Crippen LogP contribution in [-0.2, 0) is 4.79 Å². The van der Waals surface area contributed by atoms with Gasteiger partial charge in [-0.15, -0.1) is 10.2 Å². The van der Waals surface area contributed by atoms with Gasteiger partial charge in [0.1, 0.15) is 12.1 Å². The monoisotopic (exact) mass is 293 g/mol. The van der Waals surface area contributed by atoms with E-state index in [9.17, 15) is 4.79 Å². The van der Waals surface area contributed by atoms with E-state index in [0.717, 1.165) is 29.6 Å². The Hall–Kier alpha value is -2.02. The lowest BCUT2D eigenvalue weighted by Gasteiger charge is -2.08. The second-order valence-corrected chi connectivity index (χ2v) is 4.95. The fourth-order valence-corrected chi connectivity index (χ4v) is 2.20. The Kier molecular flexibility index (Phi) is 5.00. The van der Waals surface area contributed by atoms with Crippen molar-refractivity contribution in [1.29, 1.82) is 0 Å². The Morgan fingerprint density at radius 3 is 2.80 bits per heavy atom. The molecule has 0 aliphatic rings. The van der Waals surface area contributed by atoms with E-state index in [2.05, 4.69) is 17.1 Å². The minimum atomic E-state index is -0.882. The highest BCUT2D eigenvalue weighted by molar-refractivity contribution is 7.99. The third-order valence-electron chi connectivity index (χ3n) is 2.43. The summed E-state index contributed by atoms with van der Waals surface area (Å²) >= 11 is 1.13. The van der Waals surface area contributed by atoms with Crippen molar-refractivity contribution in [2.45, 2.75) is 18.5 Å². The first-order valence-electron chi connectivity index (χ1n) is 6.18. The molecule has 0 unspecified atom stereocenters. The summed E-state index contributed by atoms with van der Waals surface area (Å²) in [5.41, 5.74) is 0.867. The van der Waals surface area contributed by atoms with Crippen LogP contribution < -0.4 is 4.74 Å². The van der Waals surface area contributed by atoms with E-state index in [0.29, 0.717) is 11.8 Å². The number of thioether (sulfide) groups is 1. The number of carboxylic acids is 1. The van der Waals surface area contributed by atoms with Gasteiger partial charge in [0.05, 0.1) is 12.4 Å². The molecule has 0 aliphatic heterocycles. The average Bonchev–Trinajstić information content (AvgIpc) is 2.92. The average molecular weight is 293 g/mol. The number of hydrogen-bond donors (Lipinski definition) is 1. The molecule has 20 heavy (non-hydrogen) atoms. The number of nitrogens with zero attached hydrogens (tertiary/aromatic N) is 3. The second kappa shape index (κ2) is 6.95. The molecule has 106 valence electrons. The summed E-state index contributed by atoms with van der Waals surface area (Å²) in [6.07, 6.45) is 2.52. The fourth-order valence-electron chi connectivity index (χ4n) is 1.55. The van der Waals surface area contributed by atoms with E-state index in [-0.39, 0.29) is 5.75 Å². The highest BCUT2D eigenvalue weighted by Gasteiger charge is 2.09. The fraction of sp³-hybridized carbons (Fsp3) is 0.308. The number of benzene rings is 1. The van der Waals surface area contributed by atoms with Gasteiger partial charge >= 0.3 is 5.97 Å². The van der Waals surface area contributed by atoms with Gasteiger partial charge in [-0.2, -0.15) is 0 Å². The summed E-state index contributed by atoms with van der Waals surface area (Å²) in [5.74, 6) is -0.118. The highest BCUT2D eigenvalue weighted by Crippen LogP contribution is 2.21. The molecule has 7 heteroatoms. The van der Waals surface area contributed by atoms with Crippen molar-refractivity contribution in [1.82, 2.24) is 14.8 Å². The predicted molar refractivity (Wildman–Crippen MR) is 75.5 cm³/mol. The van der Waals surface area contributed by atoms with Gasteiger partial charge < -0.3 is 9.84 Å². The normalized spacial score (nSPS) is 10.4. The van der Waals surface area contributed by atoms with Crippen LogP contribution in [0.5, 0.6) is 5.75 Å². The molecular formula is C13H15N3O3S. The van der Waals surface area contributed by atoms with E-state index in [1.165, 1.54) is 0 Å². The van der Waals surface area contributed by atoms with Crippen molar-refractivity contribution in [2.75, 3.05) is 12.4 Å². The van der Waals surface area contributed by atoms with Crippen LogP contribution in [0.1, 0.15) is 13.3 Å². The van der Waals surface area contributed by atoms with Crippen LogP contribution >= 0.6 is 11.8 Å². The zero-order chi connectivity index (χ0) is 14.4. The van der Waals surface area contributed by atoms with Gasteiger partial charge in [-0.25, -0.2) is 0 Å². The molecule has 0 amide bonds. The first-order valence-corrected chi connectivity index (χ1v) is 7.17. The lowest BCUT2D eigenvalue weighted by Crippen LogP contribution is -2.01. The summed E-state index contributed by atoms with van der Waals surface area (Å²) in [6.45, 7) is 2.74. The molecule has 1 aromatic heterocycles. The first-order chi connectivity index (χ1) is 9.70. The summed E-state index contributed by atoms with van der Waals surface area (Å²) in [7, 11) is 0. The number of carbonyl (C=O) groups is 1. The molecule has 1 heterocycles. The second-order valence-electron chi connectivity index (χ2n) is 4.01. The van der Waals surface area contributed by atoms with E-state index in [1.54, 1.807) is 10.9 Å². The minimum absolute atomic E-state index is 0.0452. The smallest absolute Gasteiger partial charge is 0.313 e. The predicted octanol–water partition coefficient (Wildman–Crippen LogP) is 2.23. The van der Waals surface area contributed by atoms with E-state index in [4.69, 9.17) is 9.84 Å². The molecule has 6 nitrogen and oxygen atoms in total. The molecule has 2 aromatic rings. The standard InChI is InChI=1S/C13H15N3O3S/c1-2-7-19-11-5-3-10(4-6-11)16-9-14-15-13(16)20-8-12(17)18/h3-6,9H,2,7-8H2,1H3,(H,17,18). The van der Waals surface area contributed by atoms with Gasteiger partial charge in [-0.3, -0.25) is 9.36 Å².